The van der Waals surface area contributed by atoms with Gasteiger partial charge in [0, 0.05) is 29.5 Å². The molecule has 38 heavy (non-hydrogen) atoms. The van der Waals surface area contributed by atoms with Gasteiger partial charge >= 0.3 is 0 Å². The SMILES string of the molecule is CCC(=O)CCCCC[C@H](NC(=O)[C@@]1(C)CC12CCNCC2)c1ncc(-c2ccc3nc(C)ccc3c2)[nH]1. The number of carbonyl (C=O) groups is 2. The van der Waals surface area contributed by atoms with Crippen LogP contribution in [0.2, 0.25) is 0 Å². The fourth-order valence-corrected chi connectivity index (χ4v) is 6.26. The molecule has 2 atom stereocenters. The van der Waals surface area contributed by atoms with E-state index in [0.29, 0.717) is 18.6 Å². The predicted octanol–water partition coefficient (Wildman–Crippen LogP) is 5.80. The molecule has 1 aliphatic carbocycles. The number of rotatable bonds is 11. The molecule has 0 bridgehead atoms. The van der Waals surface area contributed by atoms with E-state index in [1.54, 1.807) is 0 Å². The van der Waals surface area contributed by atoms with Gasteiger partial charge in [-0.3, -0.25) is 14.6 Å². The summed E-state index contributed by atoms with van der Waals surface area (Å²) >= 11 is 0. The van der Waals surface area contributed by atoms with Crippen molar-refractivity contribution in [2.75, 3.05) is 13.1 Å². The number of nitrogens with one attached hydrogen (secondary N) is 3. The Bertz CT molecular complexity index is 1310. The molecular weight excluding hydrogens is 474 g/mol. The number of ketones is 1. The van der Waals surface area contributed by atoms with E-state index in [1.807, 2.05) is 32.2 Å². The smallest absolute Gasteiger partial charge is 0.227 e. The van der Waals surface area contributed by atoms with Crippen LogP contribution in [-0.2, 0) is 9.59 Å². The van der Waals surface area contributed by atoms with Crippen molar-refractivity contribution in [1.29, 1.82) is 0 Å². The van der Waals surface area contributed by atoms with Crippen molar-refractivity contribution in [1.82, 2.24) is 25.6 Å². The number of pyridine rings is 1. The zero-order chi connectivity index (χ0) is 26.8. The number of benzene rings is 1. The average molecular weight is 516 g/mol. The number of aromatic amines is 1. The van der Waals surface area contributed by atoms with Gasteiger partial charge < -0.3 is 15.6 Å². The molecule has 5 rings (SSSR count). The van der Waals surface area contributed by atoms with Crippen molar-refractivity contribution in [2.45, 2.75) is 84.6 Å². The van der Waals surface area contributed by atoms with Gasteiger partial charge in [-0.15, -0.1) is 0 Å². The van der Waals surface area contributed by atoms with Crippen LogP contribution in [0.5, 0.6) is 0 Å². The summed E-state index contributed by atoms with van der Waals surface area (Å²) < 4.78 is 0. The number of piperidine rings is 1. The number of aryl methyl sites for hydroxylation is 1. The number of unbranched alkanes of at least 4 members (excludes halogenated alkanes) is 2. The summed E-state index contributed by atoms with van der Waals surface area (Å²) in [5, 5.41) is 7.91. The molecule has 1 spiro atoms. The lowest BCUT2D eigenvalue weighted by molar-refractivity contribution is -0.128. The molecule has 3 aromatic rings. The number of fused-ring (bicyclic) bond motifs is 1. The highest BCUT2D eigenvalue weighted by Gasteiger charge is 2.67. The molecule has 3 heterocycles. The molecule has 3 N–H and O–H groups in total. The van der Waals surface area contributed by atoms with E-state index in [-0.39, 0.29) is 22.8 Å². The number of nitrogens with zero attached hydrogens (tertiary/aromatic N) is 2. The first-order valence-corrected chi connectivity index (χ1v) is 14.3. The molecule has 2 aliphatic rings. The number of H-pyrrole nitrogens is 1. The lowest BCUT2D eigenvalue weighted by Gasteiger charge is -2.28. The molecule has 1 amide bonds. The molecule has 1 aliphatic heterocycles. The molecule has 2 aromatic heterocycles. The van der Waals surface area contributed by atoms with Crippen LogP contribution in [0, 0.1) is 17.8 Å². The monoisotopic (exact) mass is 515 g/mol. The minimum absolute atomic E-state index is 0.138. The van der Waals surface area contributed by atoms with E-state index in [1.165, 1.54) is 0 Å². The Hall–Kier alpha value is -3.06. The molecule has 0 radical (unpaired) electrons. The molecule has 202 valence electrons. The van der Waals surface area contributed by atoms with Gasteiger partial charge in [-0.25, -0.2) is 4.98 Å². The third-order valence-corrected chi connectivity index (χ3v) is 9.01. The number of hydrogen-bond donors (Lipinski definition) is 3. The van der Waals surface area contributed by atoms with Gasteiger partial charge in [0.2, 0.25) is 5.91 Å². The summed E-state index contributed by atoms with van der Waals surface area (Å²) in [6, 6.07) is 10.2. The largest absolute Gasteiger partial charge is 0.346 e. The zero-order valence-corrected chi connectivity index (χ0v) is 23.0. The fourth-order valence-electron chi connectivity index (χ4n) is 6.26. The Morgan fingerprint density at radius 1 is 1.11 bits per heavy atom. The third kappa shape index (κ3) is 5.39. The van der Waals surface area contributed by atoms with Gasteiger partial charge in [-0.2, -0.15) is 0 Å². The standard InChI is InChI=1S/C31H41N5O2/c1-4-24(37)8-6-5-7-9-26(36-29(38)30(3)20-31(30)14-16-32-17-15-31)28-33-19-27(35-28)23-12-13-25-22(18-23)11-10-21(2)34-25/h10-13,18-19,26,32H,4-9,14-17,20H2,1-3H3,(H,33,35)(H,36,38)/t26-,30+/m0/s1. The average Bonchev–Trinajstić information content (AvgIpc) is 3.25. The fraction of sp³-hybridized carbons (Fsp3) is 0.548. The first-order chi connectivity index (χ1) is 18.3. The van der Waals surface area contributed by atoms with Crippen LogP contribution in [0.3, 0.4) is 0 Å². The Morgan fingerprint density at radius 3 is 2.71 bits per heavy atom. The second-order valence-electron chi connectivity index (χ2n) is 11.6. The van der Waals surface area contributed by atoms with Crippen LogP contribution < -0.4 is 10.6 Å². The normalized spacial score (nSPS) is 20.9. The number of imidazole rings is 1. The van der Waals surface area contributed by atoms with Crippen molar-refractivity contribution < 1.29 is 9.59 Å². The van der Waals surface area contributed by atoms with Crippen molar-refractivity contribution in [3.05, 3.63) is 48.0 Å². The summed E-state index contributed by atoms with van der Waals surface area (Å²) in [6.45, 7) is 8.04. The topological polar surface area (TPSA) is 99.8 Å². The van der Waals surface area contributed by atoms with Crippen LogP contribution >= 0.6 is 0 Å². The molecule has 1 saturated heterocycles. The minimum Gasteiger partial charge on any atom is -0.346 e. The van der Waals surface area contributed by atoms with Crippen LogP contribution in [0.25, 0.3) is 22.2 Å². The quantitative estimate of drug-likeness (QED) is 0.280. The zero-order valence-electron chi connectivity index (χ0n) is 23.0. The van der Waals surface area contributed by atoms with Gasteiger partial charge in [0.1, 0.15) is 11.6 Å². The molecule has 1 saturated carbocycles. The maximum Gasteiger partial charge on any atom is 0.227 e. The van der Waals surface area contributed by atoms with Gasteiger partial charge in [-0.1, -0.05) is 38.8 Å². The maximum atomic E-state index is 13.6. The third-order valence-electron chi connectivity index (χ3n) is 9.01. The van der Waals surface area contributed by atoms with Crippen molar-refractivity contribution >= 4 is 22.6 Å². The Morgan fingerprint density at radius 2 is 1.92 bits per heavy atom. The molecular formula is C31H41N5O2. The molecule has 2 fully saturated rings. The van der Waals surface area contributed by atoms with E-state index < -0.39 is 0 Å². The van der Waals surface area contributed by atoms with E-state index in [4.69, 9.17) is 4.98 Å². The van der Waals surface area contributed by atoms with Gasteiger partial charge in [0.25, 0.3) is 0 Å². The number of carbonyl (C=O) groups excluding carboxylic acids is 2. The van der Waals surface area contributed by atoms with Crippen LogP contribution in [-0.4, -0.2) is 39.7 Å². The summed E-state index contributed by atoms with van der Waals surface area (Å²) in [4.78, 5) is 38.2. The second kappa shape index (κ2) is 11.0. The van der Waals surface area contributed by atoms with Crippen LogP contribution in [0.1, 0.15) is 89.2 Å². The van der Waals surface area contributed by atoms with Crippen molar-refractivity contribution in [2.24, 2.45) is 10.8 Å². The Kier molecular flexibility index (Phi) is 7.66. The first-order valence-electron chi connectivity index (χ1n) is 14.3. The number of Topliss-reactive ketones (excluding diaryl/α,β-unsaturated/α-hetero) is 1. The summed E-state index contributed by atoms with van der Waals surface area (Å²) in [7, 11) is 0. The first kappa shape index (κ1) is 26.5. The number of amides is 1. The lowest BCUT2D eigenvalue weighted by atomic mass is 9.85. The molecule has 0 unspecified atom stereocenters. The number of hydrogen-bond acceptors (Lipinski definition) is 5. The van der Waals surface area contributed by atoms with E-state index in [2.05, 4.69) is 45.7 Å². The van der Waals surface area contributed by atoms with Crippen LogP contribution in [0.4, 0.5) is 0 Å². The van der Waals surface area contributed by atoms with Crippen LogP contribution in [0.15, 0.2) is 36.5 Å². The molecule has 7 heteroatoms. The van der Waals surface area contributed by atoms with Gasteiger partial charge in [-0.05, 0) is 75.7 Å². The molecule has 1 aromatic carbocycles. The predicted molar refractivity (Wildman–Crippen MR) is 151 cm³/mol. The highest BCUT2D eigenvalue weighted by Crippen LogP contribution is 2.68. The highest BCUT2D eigenvalue weighted by molar-refractivity contribution is 5.87. The Labute approximate surface area is 225 Å². The van der Waals surface area contributed by atoms with Gasteiger partial charge in [0.15, 0.2) is 0 Å². The second-order valence-corrected chi connectivity index (χ2v) is 11.6. The minimum atomic E-state index is -0.306. The summed E-state index contributed by atoms with van der Waals surface area (Å²) in [5.74, 6) is 1.26. The summed E-state index contributed by atoms with van der Waals surface area (Å²) in [5.41, 5.74) is 3.79. The summed E-state index contributed by atoms with van der Waals surface area (Å²) in [6.07, 6.45) is 9.80. The maximum absolute atomic E-state index is 13.6. The van der Waals surface area contributed by atoms with Gasteiger partial charge in [0.05, 0.1) is 28.9 Å². The highest BCUT2D eigenvalue weighted by atomic mass is 16.2. The Balaban J connectivity index is 1.31. The van der Waals surface area contributed by atoms with E-state index in [0.717, 1.165) is 91.7 Å². The number of aromatic nitrogens is 3. The van der Waals surface area contributed by atoms with E-state index in [9.17, 15) is 9.59 Å². The lowest BCUT2D eigenvalue weighted by Crippen LogP contribution is -2.40. The van der Waals surface area contributed by atoms with Crippen molar-refractivity contribution in [3.8, 4) is 11.3 Å². The van der Waals surface area contributed by atoms with E-state index >= 15 is 0 Å². The van der Waals surface area contributed by atoms with Crippen molar-refractivity contribution in [3.63, 3.8) is 0 Å². The molecule has 7 nitrogen and oxygen atoms in total.